The van der Waals surface area contributed by atoms with E-state index in [2.05, 4.69) is 15.2 Å². The molecule has 1 aromatic rings. The summed E-state index contributed by atoms with van der Waals surface area (Å²) in [6.07, 6.45) is 0.154. The molecule has 6 nitrogen and oxygen atoms in total. The lowest BCUT2D eigenvalue weighted by Crippen LogP contribution is -2.33. The maximum Gasteiger partial charge on any atom is 0.320 e. The summed E-state index contributed by atoms with van der Waals surface area (Å²) in [5.74, 6) is -0.484. The van der Waals surface area contributed by atoms with Crippen LogP contribution in [0.4, 0.5) is 0 Å². The minimum Gasteiger partial charge on any atom is -0.480 e. The lowest BCUT2D eigenvalue weighted by atomic mass is 10.1. The Morgan fingerprint density at radius 2 is 2.14 bits per heavy atom. The van der Waals surface area contributed by atoms with Crippen molar-refractivity contribution in [1.29, 1.82) is 0 Å². The van der Waals surface area contributed by atoms with Crippen LogP contribution < -0.4 is 5.73 Å². The number of hydrogen-bond acceptors (Lipinski definition) is 5. The number of nitrogens with two attached hydrogens (primary N) is 1. The number of aliphatic carboxylic acids is 1. The Morgan fingerprint density at radius 3 is 2.64 bits per heavy atom. The molecule has 3 N–H and O–H groups in total. The summed E-state index contributed by atoms with van der Waals surface area (Å²) in [6, 6.07) is -0.951. The van der Waals surface area contributed by atoms with E-state index in [0.717, 1.165) is 0 Å². The molecule has 1 aromatic heterocycles. The van der Waals surface area contributed by atoms with E-state index in [0.29, 0.717) is 17.2 Å². The van der Waals surface area contributed by atoms with Crippen molar-refractivity contribution in [2.75, 3.05) is 0 Å². The summed E-state index contributed by atoms with van der Waals surface area (Å²) >= 11 is 0. The highest BCUT2D eigenvalue weighted by Gasteiger charge is 2.15. The standard InChI is InChI=1S/C8H12N4O2/c1-4-7(3-6(9)8(13)14)12-11-5(2)10-4/h6H,3,9H2,1-2H3,(H,13,14). The highest BCUT2D eigenvalue weighted by atomic mass is 16.4. The van der Waals surface area contributed by atoms with Crippen molar-refractivity contribution < 1.29 is 9.90 Å². The fourth-order valence-electron chi connectivity index (χ4n) is 1.02. The zero-order valence-electron chi connectivity index (χ0n) is 8.06. The van der Waals surface area contributed by atoms with Crippen molar-refractivity contribution in [3.8, 4) is 0 Å². The normalized spacial score (nSPS) is 12.5. The predicted molar refractivity (Wildman–Crippen MR) is 48.6 cm³/mol. The van der Waals surface area contributed by atoms with Crippen LogP contribution in [-0.4, -0.2) is 32.3 Å². The van der Waals surface area contributed by atoms with Gasteiger partial charge in [0.05, 0.1) is 11.4 Å². The Labute approximate surface area is 81.2 Å². The second kappa shape index (κ2) is 4.10. The van der Waals surface area contributed by atoms with Crippen LogP contribution in [0.2, 0.25) is 0 Å². The first-order valence-electron chi connectivity index (χ1n) is 4.16. The minimum atomic E-state index is -1.05. The number of carboxylic acid groups (broad SMARTS) is 1. The molecule has 0 saturated carbocycles. The predicted octanol–water partition coefficient (Wildman–Crippen LogP) is -0.557. The third kappa shape index (κ3) is 2.46. The second-order valence-corrected chi connectivity index (χ2v) is 3.04. The van der Waals surface area contributed by atoms with E-state index in [-0.39, 0.29) is 6.42 Å². The first-order valence-corrected chi connectivity index (χ1v) is 4.16. The van der Waals surface area contributed by atoms with Gasteiger partial charge in [0.25, 0.3) is 0 Å². The average molecular weight is 196 g/mol. The van der Waals surface area contributed by atoms with Crippen LogP contribution >= 0.6 is 0 Å². The summed E-state index contributed by atoms with van der Waals surface area (Å²) < 4.78 is 0. The summed E-state index contributed by atoms with van der Waals surface area (Å²) in [5, 5.41) is 16.2. The van der Waals surface area contributed by atoms with Gasteiger partial charge in [-0.05, 0) is 13.8 Å². The van der Waals surface area contributed by atoms with E-state index in [1.165, 1.54) is 0 Å². The molecule has 14 heavy (non-hydrogen) atoms. The molecule has 0 bridgehead atoms. The van der Waals surface area contributed by atoms with E-state index in [1.54, 1.807) is 13.8 Å². The van der Waals surface area contributed by atoms with Gasteiger partial charge in [-0.2, -0.15) is 5.10 Å². The Morgan fingerprint density at radius 1 is 1.50 bits per heavy atom. The molecule has 0 amide bonds. The van der Waals surface area contributed by atoms with Gasteiger partial charge in [0.2, 0.25) is 0 Å². The van der Waals surface area contributed by atoms with Crippen molar-refractivity contribution >= 4 is 5.97 Å². The molecule has 6 heteroatoms. The van der Waals surface area contributed by atoms with Gasteiger partial charge in [-0.1, -0.05) is 0 Å². The zero-order chi connectivity index (χ0) is 10.7. The van der Waals surface area contributed by atoms with Gasteiger partial charge in [0, 0.05) is 6.42 Å². The number of carbonyl (C=O) groups is 1. The van der Waals surface area contributed by atoms with Gasteiger partial charge in [-0.3, -0.25) is 4.79 Å². The fraction of sp³-hybridized carbons (Fsp3) is 0.500. The molecule has 0 aliphatic rings. The molecule has 0 saturated heterocycles. The van der Waals surface area contributed by atoms with Crippen LogP contribution in [0, 0.1) is 13.8 Å². The number of carboxylic acids is 1. The number of nitrogens with zero attached hydrogens (tertiary/aromatic N) is 3. The zero-order valence-corrected chi connectivity index (χ0v) is 8.06. The molecule has 0 fully saturated rings. The Kier molecular flexibility index (Phi) is 3.08. The van der Waals surface area contributed by atoms with Crippen LogP contribution in [0.5, 0.6) is 0 Å². The lowest BCUT2D eigenvalue weighted by molar-refractivity contribution is -0.138. The first-order chi connectivity index (χ1) is 6.50. The highest BCUT2D eigenvalue weighted by Crippen LogP contribution is 2.02. The number of hydrogen-bond donors (Lipinski definition) is 2. The van der Waals surface area contributed by atoms with Gasteiger partial charge >= 0.3 is 5.97 Å². The van der Waals surface area contributed by atoms with Crippen LogP contribution in [0.1, 0.15) is 17.2 Å². The second-order valence-electron chi connectivity index (χ2n) is 3.04. The third-order valence-corrected chi connectivity index (χ3v) is 1.79. The summed E-state index contributed by atoms with van der Waals surface area (Å²) in [4.78, 5) is 14.6. The Hall–Kier alpha value is -1.56. The minimum absolute atomic E-state index is 0.154. The quantitative estimate of drug-likeness (QED) is 0.672. The van der Waals surface area contributed by atoms with Gasteiger partial charge in [0.1, 0.15) is 11.9 Å². The maximum absolute atomic E-state index is 10.5. The van der Waals surface area contributed by atoms with Gasteiger partial charge in [-0.15, -0.1) is 5.10 Å². The number of aromatic nitrogens is 3. The van der Waals surface area contributed by atoms with Gasteiger partial charge in [0.15, 0.2) is 0 Å². The van der Waals surface area contributed by atoms with Crippen LogP contribution in [-0.2, 0) is 11.2 Å². The third-order valence-electron chi connectivity index (χ3n) is 1.79. The van der Waals surface area contributed by atoms with Crippen molar-refractivity contribution in [2.24, 2.45) is 5.73 Å². The molecular formula is C8H12N4O2. The van der Waals surface area contributed by atoms with E-state index in [9.17, 15) is 4.79 Å². The van der Waals surface area contributed by atoms with Crippen LogP contribution in [0.25, 0.3) is 0 Å². The maximum atomic E-state index is 10.5. The smallest absolute Gasteiger partial charge is 0.320 e. The molecule has 0 spiro atoms. The molecule has 1 heterocycles. The van der Waals surface area contributed by atoms with Crippen molar-refractivity contribution in [3.05, 3.63) is 17.2 Å². The summed E-state index contributed by atoms with van der Waals surface area (Å²) in [7, 11) is 0. The fourth-order valence-corrected chi connectivity index (χ4v) is 1.02. The van der Waals surface area contributed by atoms with E-state index in [1.807, 2.05) is 0 Å². The Balaban J connectivity index is 2.82. The molecule has 0 aliphatic carbocycles. The van der Waals surface area contributed by atoms with Crippen molar-refractivity contribution in [3.63, 3.8) is 0 Å². The van der Waals surface area contributed by atoms with Crippen LogP contribution in [0.15, 0.2) is 0 Å². The van der Waals surface area contributed by atoms with Crippen molar-refractivity contribution in [1.82, 2.24) is 15.2 Å². The molecule has 0 aliphatic heterocycles. The van der Waals surface area contributed by atoms with E-state index >= 15 is 0 Å². The number of aryl methyl sites for hydroxylation is 2. The largest absolute Gasteiger partial charge is 0.480 e. The molecule has 1 rings (SSSR count). The topological polar surface area (TPSA) is 102 Å². The monoisotopic (exact) mass is 196 g/mol. The SMILES string of the molecule is Cc1nnc(CC(N)C(=O)O)c(C)n1. The van der Waals surface area contributed by atoms with Crippen LogP contribution in [0.3, 0.4) is 0 Å². The molecule has 0 radical (unpaired) electrons. The van der Waals surface area contributed by atoms with E-state index < -0.39 is 12.0 Å². The van der Waals surface area contributed by atoms with Crippen molar-refractivity contribution in [2.45, 2.75) is 26.3 Å². The van der Waals surface area contributed by atoms with Gasteiger partial charge < -0.3 is 10.8 Å². The number of rotatable bonds is 3. The molecule has 0 aromatic carbocycles. The molecule has 1 atom stereocenters. The molecule has 1 unspecified atom stereocenters. The summed E-state index contributed by atoms with van der Waals surface area (Å²) in [5.41, 5.74) is 6.57. The van der Waals surface area contributed by atoms with Gasteiger partial charge in [-0.25, -0.2) is 4.98 Å². The lowest BCUT2D eigenvalue weighted by Gasteiger charge is -2.06. The highest BCUT2D eigenvalue weighted by molar-refractivity contribution is 5.73. The molecular weight excluding hydrogens is 184 g/mol. The first kappa shape index (κ1) is 10.5. The summed E-state index contributed by atoms with van der Waals surface area (Å²) in [6.45, 7) is 3.48. The molecule has 76 valence electrons. The van der Waals surface area contributed by atoms with E-state index in [4.69, 9.17) is 10.8 Å². The average Bonchev–Trinajstić information content (AvgIpc) is 2.09. The Bertz CT molecular complexity index is 353.